The van der Waals surface area contributed by atoms with Crippen LogP contribution in [0.15, 0.2) is 46.9 Å². The van der Waals surface area contributed by atoms with E-state index in [-0.39, 0.29) is 11.9 Å². The zero-order valence-electron chi connectivity index (χ0n) is 16.9. The Balaban J connectivity index is 1.21. The molecule has 0 radical (unpaired) electrons. The summed E-state index contributed by atoms with van der Waals surface area (Å²) in [5.74, 6) is -1.15. The van der Waals surface area contributed by atoms with Gasteiger partial charge in [0.05, 0.1) is 11.5 Å². The second-order valence-electron chi connectivity index (χ2n) is 8.78. The number of hydrazine groups is 1. The molecular formula is C23H22F2N4O2. The molecule has 0 bridgehead atoms. The van der Waals surface area contributed by atoms with Gasteiger partial charge >= 0.3 is 0 Å². The van der Waals surface area contributed by atoms with Crippen molar-refractivity contribution in [3.8, 4) is 0 Å². The molecule has 2 aromatic carbocycles. The second kappa shape index (κ2) is 6.75. The van der Waals surface area contributed by atoms with Gasteiger partial charge in [0.1, 0.15) is 17.2 Å². The molecule has 1 atom stereocenters. The predicted octanol–water partition coefficient (Wildman–Crippen LogP) is 3.90. The lowest BCUT2D eigenvalue weighted by Gasteiger charge is -2.37. The molecule has 1 spiro atoms. The summed E-state index contributed by atoms with van der Waals surface area (Å²) in [6.45, 7) is 2.73. The monoisotopic (exact) mass is 424 g/mol. The molecule has 0 N–H and O–H groups in total. The number of aromatic nitrogens is 1. The van der Waals surface area contributed by atoms with Gasteiger partial charge in [0.25, 0.3) is 6.01 Å². The Morgan fingerprint density at radius 1 is 1.03 bits per heavy atom. The van der Waals surface area contributed by atoms with Gasteiger partial charge in [-0.3, -0.25) is 9.80 Å². The van der Waals surface area contributed by atoms with Crippen molar-refractivity contribution < 1.29 is 18.0 Å². The molecule has 3 aliphatic rings. The van der Waals surface area contributed by atoms with Crippen LogP contribution in [0.3, 0.4) is 0 Å². The van der Waals surface area contributed by atoms with Crippen molar-refractivity contribution in [2.75, 3.05) is 31.1 Å². The van der Waals surface area contributed by atoms with Crippen LogP contribution in [0.25, 0.3) is 11.1 Å². The molecule has 1 aromatic heterocycles. The van der Waals surface area contributed by atoms with Crippen LogP contribution in [0, 0.1) is 17.0 Å². The van der Waals surface area contributed by atoms with Crippen molar-refractivity contribution in [1.82, 2.24) is 15.0 Å². The standard InChI is InChI=1S/C23H22F2N4O2/c24-16-11-15(12-17(25)13-16)19-5-8-28-14-23(21(30)29(19)28)6-9-27(10-7-23)22-26-18-3-1-2-4-20(18)31-22/h1-4,11-13,19H,5-10,14H2/t19-/m0/s1. The number of anilines is 1. The van der Waals surface area contributed by atoms with Crippen molar-refractivity contribution in [2.24, 2.45) is 5.41 Å². The maximum atomic E-state index is 13.8. The van der Waals surface area contributed by atoms with Gasteiger partial charge in [-0.1, -0.05) is 12.1 Å². The average Bonchev–Trinajstić information content (AvgIpc) is 3.42. The molecule has 0 saturated carbocycles. The fourth-order valence-electron chi connectivity index (χ4n) is 5.35. The van der Waals surface area contributed by atoms with Crippen LogP contribution >= 0.6 is 0 Å². The number of amides is 1. The predicted molar refractivity (Wildman–Crippen MR) is 110 cm³/mol. The van der Waals surface area contributed by atoms with E-state index in [1.54, 1.807) is 5.01 Å². The molecule has 0 unspecified atom stereocenters. The Kier molecular flexibility index (Phi) is 4.08. The lowest BCUT2D eigenvalue weighted by molar-refractivity contribution is -0.143. The molecule has 4 heterocycles. The first-order valence-corrected chi connectivity index (χ1v) is 10.7. The average molecular weight is 424 g/mol. The number of rotatable bonds is 2. The van der Waals surface area contributed by atoms with Gasteiger partial charge in [0, 0.05) is 32.2 Å². The minimum atomic E-state index is -0.610. The summed E-state index contributed by atoms with van der Waals surface area (Å²) in [7, 11) is 0. The molecule has 0 aliphatic carbocycles. The number of nitrogens with zero attached hydrogens (tertiary/aromatic N) is 4. The minimum absolute atomic E-state index is 0.0666. The number of hydrogen-bond donors (Lipinski definition) is 0. The molecule has 1 amide bonds. The second-order valence-corrected chi connectivity index (χ2v) is 8.78. The normalized spacial score (nSPS) is 23.3. The number of para-hydroxylation sites is 2. The number of carbonyl (C=O) groups is 1. The Hall–Kier alpha value is -3.00. The van der Waals surface area contributed by atoms with Crippen LogP contribution in [0.1, 0.15) is 30.9 Å². The Bertz CT molecular complexity index is 1120. The lowest BCUT2D eigenvalue weighted by Crippen LogP contribution is -2.46. The highest BCUT2D eigenvalue weighted by molar-refractivity contribution is 5.85. The molecule has 3 fully saturated rings. The third-order valence-electron chi connectivity index (χ3n) is 6.95. The van der Waals surface area contributed by atoms with Crippen molar-refractivity contribution in [1.29, 1.82) is 0 Å². The summed E-state index contributed by atoms with van der Waals surface area (Å²) < 4.78 is 33.4. The summed E-state index contributed by atoms with van der Waals surface area (Å²) in [6, 6.07) is 11.5. The summed E-state index contributed by atoms with van der Waals surface area (Å²) >= 11 is 0. The molecule has 31 heavy (non-hydrogen) atoms. The van der Waals surface area contributed by atoms with Crippen LogP contribution in [0.2, 0.25) is 0 Å². The quantitative estimate of drug-likeness (QED) is 0.625. The van der Waals surface area contributed by atoms with E-state index < -0.39 is 17.0 Å². The zero-order chi connectivity index (χ0) is 21.2. The Morgan fingerprint density at radius 2 is 1.77 bits per heavy atom. The van der Waals surface area contributed by atoms with Crippen molar-refractivity contribution >= 4 is 23.0 Å². The van der Waals surface area contributed by atoms with E-state index in [0.717, 1.165) is 17.2 Å². The van der Waals surface area contributed by atoms with E-state index in [4.69, 9.17) is 4.42 Å². The first-order chi connectivity index (χ1) is 15.0. The Labute approximate surface area is 178 Å². The first-order valence-electron chi connectivity index (χ1n) is 10.7. The maximum absolute atomic E-state index is 13.8. The summed E-state index contributed by atoms with van der Waals surface area (Å²) in [5.41, 5.74) is 1.64. The number of halogens is 2. The van der Waals surface area contributed by atoms with Gasteiger partial charge in [-0.25, -0.2) is 13.8 Å². The Morgan fingerprint density at radius 3 is 2.52 bits per heavy atom. The summed E-state index contributed by atoms with van der Waals surface area (Å²) in [5, 5.41) is 3.81. The fraction of sp³-hybridized carbons (Fsp3) is 0.391. The number of carbonyl (C=O) groups excluding carboxylic acids is 1. The highest BCUT2D eigenvalue weighted by Gasteiger charge is 2.56. The molecule has 6 rings (SSSR count). The van der Waals surface area contributed by atoms with Gasteiger partial charge in [-0.05, 0) is 49.1 Å². The largest absolute Gasteiger partial charge is 0.423 e. The zero-order valence-corrected chi connectivity index (χ0v) is 16.9. The van der Waals surface area contributed by atoms with Crippen LogP contribution in [-0.2, 0) is 4.79 Å². The van der Waals surface area contributed by atoms with Gasteiger partial charge in [-0.15, -0.1) is 0 Å². The lowest BCUT2D eigenvalue weighted by atomic mass is 9.78. The highest BCUT2D eigenvalue weighted by Crippen LogP contribution is 2.47. The van der Waals surface area contributed by atoms with E-state index in [0.29, 0.717) is 57.0 Å². The van der Waals surface area contributed by atoms with E-state index in [2.05, 4.69) is 14.9 Å². The summed E-state index contributed by atoms with van der Waals surface area (Å²) in [4.78, 5) is 20.2. The smallest absolute Gasteiger partial charge is 0.298 e. The van der Waals surface area contributed by atoms with Gasteiger partial charge in [-0.2, -0.15) is 4.98 Å². The van der Waals surface area contributed by atoms with Crippen molar-refractivity contribution in [3.05, 3.63) is 59.7 Å². The molecule has 3 aliphatic heterocycles. The number of benzene rings is 2. The first kappa shape index (κ1) is 18.7. The number of piperidine rings is 1. The number of fused-ring (bicyclic) bond motifs is 2. The van der Waals surface area contributed by atoms with Crippen molar-refractivity contribution in [3.63, 3.8) is 0 Å². The summed E-state index contributed by atoms with van der Waals surface area (Å²) in [6.07, 6.45) is 2.07. The number of oxazole rings is 1. The van der Waals surface area contributed by atoms with Crippen LogP contribution in [0.4, 0.5) is 14.8 Å². The molecule has 3 saturated heterocycles. The van der Waals surface area contributed by atoms with Crippen molar-refractivity contribution in [2.45, 2.75) is 25.3 Å². The van der Waals surface area contributed by atoms with Crippen LogP contribution in [0.5, 0.6) is 0 Å². The van der Waals surface area contributed by atoms with Crippen LogP contribution in [-0.4, -0.2) is 47.1 Å². The maximum Gasteiger partial charge on any atom is 0.298 e. The third-order valence-corrected chi connectivity index (χ3v) is 6.95. The van der Waals surface area contributed by atoms with E-state index in [9.17, 15) is 13.6 Å². The molecular weight excluding hydrogens is 402 g/mol. The van der Waals surface area contributed by atoms with E-state index in [1.807, 2.05) is 24.3 Å². The van der Waals surface area contributed by atoms with Crippen LogP contribution < -0.4 is 4.90 Å². The van der Waals surface area contributed by atoms with E-state index >= 15 is 0 Å². The molecule has 160 valence electrons. The fourth-order valence-corrected chi connectivity index (χ4v) is 5.35. The SMILES string of the molecule is O=C1N2[C@H](c3cc(F)cc(F)c3)CCN2CC12CCN(c1nc3ccccc3o1)CC2. The molecule has 3 aromatic rings. The van der Waals surface area contributed by atoms with Gasteiger partial charge in [0.15, 0.2) is 5.58 Å². The van der Waals surface area contributed by atoms with Gasteiger partial charge in [0.2, 0.25) is 5.91 Å². The third kappa shape index (κ3) is 2.92. The minimum Gasteiger partial charge on any atom is -0.423 e. The highest BCUT2D eigenvalue weighted by atomic mass is 19.1. The molecule has 6 nitrogen and oxygen atoms in total. The van der Waals surface area contributed by atoms with E-state index in [1.165, 1.54) is 12.1 Å². The topological polar surface area (TPSA) is 52.8 Å². The number of hydrogen-bond acceptors (Lipinski definition) is 5. The van der Waals surface area contributed by atoms with Gasteiger partial charge < -0.3 is 9.32 Å². The molecule has 8 heteroatoms.